The Balaban J connectivity index is 2.51. The van der Waals surface area contributed by atoms with E-state index in [9.17, 15) is 32.9 Å². The maximum Gasteiger partial charge on any atom is 0.405 e. The lowest BCUT2D eigenvalue weighted by Gasteiger charge is -2.07. The standard InChI is InChI=1S/C13H11F3N2O5/c14-13(15,16)8-17-11(19)7-23-12(20)6-5-9-3-1-2-4-10(9)18(21)22/h1-6H,7-8H2,(H,17,19)/b6-5+. The molecule has 0 radical (unpaired) electrons. The first-order valence-corrected chi connectivity index (χ1v) is 6.11. The second-order valence-corrected chi connectivity index (χ2v) is 4.15. The van der Waals surface area contributed by atoms with E-state index in [1.54, 1.807) is 0 Å². The Morgan fingerprint density at radius 2 is 1.96 bits per heavy atom. The third kappa shape index (κ3) is 7.07. The van der Waals surface area contributed by atoms with Gasteiger partial charge in [0, 0.05) is 12.1 Å². The Labute approximate surface area is 127 Å². The van der Waals surface area contributed by atoms with Gasteiger partial charge in [0.1, 0.15) is 6.54 Å². The summed E-state index contributed by atoms with van der Waals surface area (Å²) in [4.78, 5) is 32.4. The molecule has 1 amide bonds. The fourth-order valence-electron chi connectivity index (χ4n) is 1.39. The summed E-state index contributed by atoms with van der Waals surface area (Å²) in [5.41, 5.74) is -0.101. The van der Waals surface area contributed by atoms with E-state index >= 15 is 0 Å². The summed E-state index contributed by atoms with van der Waals surface area (Å²) in [6, 6.07) is 5.58. The molecule has 0 saturated carbocycles. The van der Waals surface area contributed by atoms with Crippen LogP contribution in [-0.2, 0) is 14.3 Å². The monoisotopic (exact) mass is 332 g/mol. The van der Waals surface area contributed by atoms with Crippen LogP contribution in [0.3, 0.4) is 0 Å². The van der Waals surface area contributed by atoms with Crippen LogP contribution in [0.1, 0.15) is 5.56 Å². The number of nitro benzene ring substituents is 1. The molecule has 0 aliphatic rings. The largest absolute Gasteiger partial charge is 0.452 e. The van der Waals surface area contributed by atoms with Crippen LogP contribution < -0.4 is 5.32 Å². The molecule has 0 spiro atoms. The zero-order chi connectivity index (χ0) is 17.5. The number of nitro groups is 1. The number of carbonyl (C=O) groups excluding carboxylic acids is 2. The number of halogens is 3. The molecule has 1 aromatic carbocycles. The summed E-state index contributed by atoms with van der Waals surface area (Å²) < 4.78 is 39.9. The average Bonchev–Trinajstić information content (AvgIpc) is 2.48. The number of hydrogen-bond donors (Lipinski definition) is 1. The maximum atomic E-state index is 11.8. The Morgan fingerprint density at radius 3 is 2.57 bits per heavy atom. The van der Waals surface area contributed by atoms with E-state index in [4.69, 9.17) is 0 Å². The predicted molar refractivity (Wildman–Crippen MR) is 72.2 cm³/mol. The van der Waals surface area contributed by atoms with Gasteiger partial charge in [-0.05, 0) is 12.1 Å². The number of esters is 1. The number of alkyl halides is 3. The molecule has 7 nitrogen and oxygen atoms in total. The van der Waals surface area contributed by atoms with Crippen LogP contribution >= 0.6 is 0 Å². The van der Waals surface area contributed by atoms with Crippen LogP contribution in [0, 0.1) is 10.1 Å². The Hall–Kier alpha value is -2.91. The van der Waals surface area contributed by atoms with Gasteiger partial charge in [0.2, 0.25) is 0 Å². The molecule has 0 aliphatic heterocycles. The van der Waals surface area contributed by atoms with Crippen molar-refractivity contribution in [3.8, 4) is 0 Å². The van der Waals surface area contributed by atoms with Gasteiger partial charge in [-0.3, -0.25) is 14.9 Å². The third-order valence-corrected chi connectivity index (χ3v) is 2.36. The van der Waals surface area contributed by atoms with Crippen molar-refractivity contribution in [2.75, 3.05) is 13.2 Å². The minimum Gasteiger partial charge on any atom is -0.452 e. The molecule has 1 N–H and O–H groups in total. The van der Waals surface area contributed by atoms with Crippen molar-refractivity contribution in [3.05, 3.63) is 46.0 Å². The summed E-state index contributed by atoms with van der Waals surface area (Å²) in [5.74, 6) is -2.14. The quantitative estimate of drug-likeness (QED) is 0.371. The minimum atomic E-state index is -4.56. The normalized spacial score (nSPS) is 11.3. The van der Waals surface area contributed by atoms with E-state index in [0.717, 1.165) is 12.2 Å². The second-order valence-electron chi connectivity index (χ2n) is 4.15. The lowest BCUT2D eigenvalue weighted by atomic mass is 10.1. The zero-order valence-electron chi connectivity index (χ0n) is 11.5. The van der Waals surface area contributed by atoms with Crippen molar-refractivity contribution in [1.82, 2.24) is 5.32 Å². The van der Waals surface area contributed by atoms with E-state index in [1.165, 1.54) is 29.6 Å². The number of para-hydroxylation sites is 1. The molecule has 10 heteroatoms. The average molecular weight is 332 g/mol. The maximum absolute atomic E-state index is 11.8. The molecule has 0 atom stereocenters. The summed E-state index contributed by atoms with van der Waals surface area (Å²) in [7, 11) is 0. The van der Waals surface area contributed by atoms with E-state index in [2.05, 4.69) is 4.74 Å². The van der Waals surface area contributed by atoms with Crippen LogP contribution in [0.15, 0.2) is 30.3 Å². The summed E-state index contributed by atoms with van der Waals surface area (Å²) in [5, 5.41) is 12.3. The van der Waals surface area contributed by atoms with Crippen molar-refractivity contribution in [3.63, 3.8) is 0 Å². The van der Waals surface area contributed by atoms with Gasteiger partial charge in [-0.25, -0.2) is 4.79 Å². The van der Waals surface area contributed by atoms with Crippen LogP contribution in [-0.4, -0.2) is 36.1 Å². The van der Waals surface area contributed by atoms with Gasteiger partial charge >= 0.3 is 12.1 Å². The fourth-order valence-corrected chi connectivity index (χ4v) is 1.39. The lowest BCUT2D eigenvalue weighted by molar-refractivity contribution is -0.385. The first-order chi connectivity index (χ1) is 10.7. The molecule has 0 aromatic heterocycles. The van der Waals surface area contributed by atoms with E-state index in [1.807, 2.05) is 0 Å². The van der Waals surface area contributed by atoms with Crippen molar-refractivity contribution < 1.29 is 32.4 Å². The van der Waals surface area contributed by atoms with Crippen LogP contribution in [0.25, 0.3) is 6.08 Å². The molecule has 0 heterocycles. The third-order valence-electron chi connectivity index (χ3n) is 2.36. The number of amides is 1. The summed E-state index contributed by atoms with van der Waals surface area (Å²) >= 11 is 0. The van der Waals surface area contributed by atoms with Gasteiger partial charge in [0.15, 0.2) is 6.61 Å². The number of benzene rings is 1. The second kappa shape index (κ2) is 7.92. The molecule has 1 rings (SSSR count). The number of ether oxygens (including phenoxy) is 1. The van der Waals surface area contributed by atoms with Gasteiger partial charge in [-0.2, -0.15) is 13.2 Å². The molecule has 1 aromatic rings. The van der Waals surface area contributed by atoms with Gasteiger partial charge in [-0.15, -0.1) is 0 Å². The van der Waals surface area contributed by atoms with Gasteiger partial charge < -0.3 is 10.1 Å². The Morgan fingerprint density at radius 1 is 1.30 bits per heavy atom. The number of carbonyl (C=O) groups is 2. The number of nitrogens with zero attached hydrogens (tertiary/aromatic N) is 1. The van der Waals surface area contributed by atoms with Crippen molar-refractivity contribution in [2.45, 2.75) is 6.18 Å². The molecule has 0 aliphatic carbocycles. The first kappa shape index (κ1) is 18.1. The number of nitrogens with one attached hydrogen (secondary N) is 1. The Kier molecular flexibility index (Phi) is 6.24. The highest BCUT2D eigenvalue weighted by Gasteiger charge is 2.27. The Bertz CT molecular complexity index is 628. The highest BCUT2D eigenvalue weighted by atomic mass is 19.4. The molecule has 0 bridgehead atoms. The fraction of sp³-hybridized carbons (Fsp3) is 0.231. The van der Waals surface area contributed by atoms with Crippen molar-refractivity contribution in [2.24, 2.45) is 0 Å². The number of hydrogen-bond acceptors (Lipinski definition) is 5. The molecular formula is C13H11F3N2O5. The smallest absolute Gasteiger partial charge is 0.405 e. The van der Waals surface area contributed by atoms with E-state index < -0.39 is 36.1 Å². The first-order valence-electron chi connectivity index (χ1n) is 6.11. The minimum absolute atomic E-state index is 0.135. The molecule has 0 fully saturated rings. The van der Waals surface area contributed by atoms with E-state index in [-0.39, 0.29) is 11.3 Å². The molecular weight excluding hydrogens is 321 g/mol. The topological polar surface area (TPSA) is 98.5 Å². The van der Waals surface area contributed by atoms with E-state index in [0.29, 0.717) is 0 Å². The summed E-state index contributed by atoms with van der Waals surface area (Å²) in [6.45, 7) is -2.43. The zero-order valence-corrected chi connectivity index (χ0v) is 11.5. The van der Waals surface area contributed by atoms with Crippen LogP contribution in [0.5, 0.6) is 0 Å². The highest BCUT2D eigenvalue weighted by Crippen LogP contribution is 2.18. The predicted octanol–water partition coefficient (Wildman–Crippen LogP) is 1.83. The lowest BCUT2D eigenvalue weighted by Crippen LogP contribution is -2.36. The van der Waals surface area contributed by atoms with Crippen LogP contribution in [0.4, 0.5) is 18.9 Å². The summed E-state index contributed by atoms with van der Waals surface area (Å²) in [6.07, 6.45) is -2.63. The molecule has 0 unspecified atom stereocenters. The highest BCUT2D eigenvalue weighted by molar-refractivity contribution is 5.89. The SMILES string of the molecule is O=C(COC(=O)/C=C/c1ccccc1[N+](=O)[O-])NCC(F)(F)F. The van der Waals surface area contributed by atoms with Crippen molar-refractivity contribution >= 4 is 23.6 Å². The number of rotatable bonds is 6. The van der Waals surface area contributed by atoms with Gasteiger partial charge in [0.05, 0.1) is 10.5 Å². The van der Waals surface area contributed by atoms with Crippen molar-refractivity contribution in [1.29, 1.82) is 0 Å². The molecule has 124 valence electrons. The molecule has 0 saturated heterocycles. The van der Waals surface area contributed by atoms with Crippen LogP contribution in [0.2, 0.25) is 0 Å². The molecule has 23 heavy (non-hydrogen) atoms. The van der Waals surface area contributed by atoms with Gasteiger partial charge in [-0.1, -0.05) is 12.1 Å². The van der Waals surface area contributed by atoms with Gasteiger partial charge in [0.25, 0.3) is 11.6 Å².